The number of nitriles is 1. The second kappa shape index (κ2) is 9.97. The summed E-state index contributed by atoms with van der Waals surface area (Å²) in [5, 5.41) is 11.6. The first-order valence-electron chi connectivity index (χ1n) is 9.25. The van der Waals surface area contributed by atoms with Gasteiger partial charge in [0.05, 0.1) is 18.2 Å². The highest BCUT2D eigenvalue weighted by Gasteiger charge is 2.32. The smallest absolute Gasteiger partial charge is 0.337 e. The number of hydrogen-bond donors (Lipinski definition) is 2. The van der Waals surface area contributed by atoms with Crippen molar-refractivity contribution in [2.45, 2.75) is 19.6 Å². The van der Waals surface area contributed by atoms with E-state index >= 15 is 0 Å². The van der Waals surface area contributed by atoms with Crippen molar-refractivity contribution in [3.63, 3.8) is 0 Å². The number of thiol groups is 1. The summed E-state index contributed by atoms with van der Waals surface area (Å²) in [4.78, 5) is 22.3. The maximum absolute atomic E-state index is 12.8. The predicted octanol–water partition coefficient (Wildman–Crippen LogP) is 3.37. The van der Waals surface area contributed by atoms with Gasteiger partial charge in [-0.25, -0.2) is 13.4 Å². The van der Waals surface area contributed by atoms with Gasteiger partial charge in [0.15, 0.2) is 15.8 Å². The highest BCUT2D eigenvalue weighted by molar-refractivity contribution is 7.72. The molecule has 0 aliphatic rings. The lowest BCUT2D eigenvalue weighted by atomic mass is 10.2. The minimum Gasteiger partial charge on any atom is -0.337 e. The van der Waals surface area contributed by atoms with Crippen LogP contribution in [0.15, 0.2) is 42.6 Å². The summed E-state index contributed by atoms with van der Waals surface area (Å²) in [5.41, 5.74) is 0.469. The number of rotatable bonds is 7. The molecule has 3 rings (SSSR count). The van der Waals surface area contributed by atoms with E-state index in [4.69, 9.17) is 5.26 Å². The summed E-state index contributed by atoms with van der Waals surface area (Å²) in [6, 6.07) is 10.6. The minimum absolute atomic E-state index is 0.0380. The van der Waals surface area contributed by atoms with Crippen molar-refractivity contribution < 1.29 is 26.4 Å². The van der Waals surface area contributed by atoms with Gasteiger partial charge in [0, 0.05) is 16.8 Å². The van der Waals surface area contributed by atoms with E-state index in [0.29, 0.717) is 26.8 Å². The fraction of sp³-hybridized carbons (Fsp3) is 0.200. The third-order valence-electron chi connectivity index (χ3n) is 4.36. The molecule has 2 aromatic heterocycles. The van der Waals surface area contributed by atoms with E-state index in [2.05, 4.69) is 15.3 Å². The molecule has 0 aliphatic carbocycles. The number of halogens is 3. The Labute approximate surface area is 192 Å². The number of aromatic nitrogens is 2. The average Bonchev–Trinajstić information content (AvgIpc) is 3.17. The fourth-order valence-electron chi connectivity index (χ4n) is 2.78. The highest BCUT2D eigenvalue weighted by atomic mass is 32.2. The molecular weight excluding hydrogens is 479 g/mol. The van der Waals surface area contributed by atoms with Crippen LogP contribution in [-0.2, 0) is 23.4 Å². The third kappa shape index (κ3) is 6.05. The van der Waals surface area contributed by atoms with E-state index in [0.717, 1.165) is 23.6 Å². The van der Waals surface area contributed by atoms with Crippen LogP contribution in [0.1, 0.15) is 32.2 Å². The standard InChI is InChI=1S/C20H16F3N5O3S2/c1-12-17(18(29)26-11-33(30)31)27-19(32-12)28(15-5-2-13(8-24)3-6-15)10-14-4-7-16(25-9-14)20(21,22)23/h2-7,9,33H,10-11H2,1H3,(H,26,29). The maximum Gasteiger partial charge on any atom is 0.433 e. The Bertz CT molecular complexity index is 1260. The first kappa shape index (κ1) is 24.1. The van der Waals surface area contributed by atoms with Crippen molar-refractivity contribution in [1.82, 2.24) is 15.3 Å². The van der Waals surface area contributed by atoms with E-state index in [-0.39, 0.29) is 12.2 Å². The van der Waals surface area contributed by atoms with Gasteiger partial charge in [0.25, 0.3) is 5.91 Å². The highest BCUT2D eigenvalue weighted by Crippen LogP contribution is 2.34. The normalized spacial score (nSPS) is 11.3. The van der Waals surface area contributed by atoms with Gasteiger partial charge in [-0.3, -0.25) is 9.78 Å². The molecule has 0 fully saturated rings. The molecule has 8 nitrogen and oxygen atoms in total. The van der Waals surface area contributed by atoms with Gasteiger partial charge in [0.1, 0.15) is 17.3 Å². The number of nitrogens with one attached hydrogen (secondary N) is 1. The third-order valence-corrected chi connectivity index (χ3v) is 5.77. The number of alkyl halides is 3. The summed E-state index contributed by atoms with van der Waals surface area (Å²) >= 11 is 1.15. The predicted molar refractivity (Wildman–Crippen MR) is 116 cm³/mol. The summed E-state index contributed by atoms with van der Waals surface area (Å²) in [5.74, 6) is -1.19. The van der Waals surface area contributed by atoms with Crippen LogP contribution in [0.25, 0.3) is 0 Å². The molecule has 0 unspecified atom stereocenters. The molecule has 1 amide bonds. The molecule has 1 N–H and O–H groups in total. The van der Waals surface area contributed by atoms with Crippen LogP contribution >= 0.6 is 11.3 Å². The Morgan fingerprint density at radius 1 is 1.21 bits per heavy atom. The van der Waals surface area contributed by atoms with Crippen molar-refractivity contribution in [1.29, 1.82) is 5.26 Å². The first-order valence-corrected chi connectivity index (χ1v) is 11.4. The van der Waals surface area contributed by atoms with Crippen LogP contribution in [0.4, 0.5) is 24.0 Å². The lowest BCUT2D eigenvalue weighted by molar-refractivity contribution is -0.141. The number of benzene rings is 1. The number of aryl methyl sites for hydroxylation is 1. The van der Waals surface area contributed by atoms with Crippen LogP contribution in [0.3, 0.4) is 0 Å². The molecule has 172 valence electrons. The van der Waals surface area contributed by atoms with Gasteiger partial charge < -0.3 is 10.2 Å². The van der Waals surface area contributed by atoms with Gasteiger partial charge in [-0.2, -0.15) is 18.4 Å². The lowest BCUT2D eigenvalue weighted by Crippen LogP contribution is -2.26. The maximum atomic E-state index is 12.8. The molecule has 2 heterocycles. The molecular formula is C20H16F3N5O3S2. The molecule has 33 heavy (non-hydrogen) atoms. The fourth-order valence-corrected chi connectivity index (χ4v) is 3.98. The topological polar surface area (TPSA) is 116 Å². The number of hydrogen-bond acceptors (Lipinski definition) is 8. The van der Waals surface area contributed by atoms with Crippen LogP contribution in [-0.4, -0.2) is 30.2 Å². The van der Waals surface area contributed by atoms with E-state index in [1.165, 1.54) is 6.07 Å². The Morgan fingerprint density at radius 2 is 1.91 bits per heavy atom. The van der Waals surface area contributed by atoms with Crippen molar-refractivity contribution in [3.8, 4) is 6.07 Å². The second-order valence-corrected chi connectivity index (χ2v) is 8.86. The number of carbonyl (C=O) groups excluding carboxylic acids is 1. The zero-order valence-corrected chi connectivity index (χ0v) is 18.7. The van der Waals surface area contributed by atoms with E-state index in [1.807, 2.05) is 6.07 Å². The van der Waals surface area contributed by atoms with Crippen molar-refractivity contribution in [2.75, 3.05) is 10.8 Å². The van der Waals surface area contributed by atoms with Crippen LogP contribution < -0.4 is 10.2 Å². The van der Waals surface area contributed by atoms with Gasteiger partial charge >= 0.3 is 6.18 Å². The molecule has 0 bridgehead atoms. The Morgan fingerprint density at radius 3 is 2.45 bits per heavy atom. The quantitative estimate of drug-likeness (QED) is 0.483. The first-order chi connectivity index (χ1) is 15.6. The van der Waals surface area contributed by atoms with Gasteiger partial charge in [-0.05, 0) is 42.8 Å². The average molecular weight is 496 g/mol. The molecule has 0 saturated heterocycles. The monoisotopic (exact) mass is 495 g/mol. The Kier molecular flexibility index (Phi) is 7.29. The molecule has 1 aromatic carbocycles. The summed E-state index contributed by atoms with van der Waals surface area (Å²) in [6.45, 7) is 1.72. The number of amides is 1. The largest absolute Gasteiger partial charge is 0.433 e. The number of carbonyl (C=O) groups is 1. The van der Waals surface area contributed by atoms with E-state index < -0.39 is 34.4 Å². The van der Waals surface area contributed by atoms with E-state index in [9.17, 15) is 26.4 Å². The number of pyridine rings is 1. The van der Waals surface area contributed by atoms with Crippen LogP contribution in [0.5, 0.6) is 0 Å². The van der Waals surface area contributed by atoms with Gasteiger partial charge in [-0.1, -0.05) is 6.07 Å². The summed E-state index contributed by atoms with van der Waals surface area (Å²) < 4.78 is 60.0. The molecule has 0 saturated carbocycles. The number of anilines is 2. The minimum atomic E-state index is -4.56. The second-order valence-electron chi connectivity index (χ2n) is 6.69. The van der Waals surface area contributed by atoms with E-state index in [1.54, 1.807) is 36.1 Å². The lowest BCUT2D eigenvalue weighted by Gasteiger charge is -2.22. The SMILES string of the molecule is Cc1sc(N(Cc2ccc(C(F)(F)F)nc2)c2ccc(C#N)cc2)nc1C(=O)NC[SH](=O)=O. The zero-order valence-electron chi connectivity index (χ0n) is 17.0. The molecule has 13 heteroatoms. The van der Waals surface area contributed by atoms with Crippen molar-refractivity contribution >= 4 is 38.8 Å². The van der Waals surface area contributed by atoms with Crippen molar-refractivity contribution in [3.05, 3.63) is 70.0 Å². The van der Waals surface area contributed by atoms with Crippen molar-refractivity contribution in [2.24, 2.45) is 0 Å². The molecule has 0 spiro atoms. The van der Waals surface area contributed by atoms with Gasteiger partial charge in [0.2, 0.25) is 0 Å². The Hall–Kier alpha value is -3.50. The summed E-state index contributed by atoms with van der Waals surface area (Å²) in [7, 11) is -2.80. The molecule has 0 atom stereocenters. The Balaban J connectivity index is 1.96. The zero-order chi connectivity index (χ0) is 24.2. The number of thiazole rings is 1. The van der Waals surface area contributed by atoms with Crippen LogP contribution in [0.2, 0.25) is 0 Å². The van der Waals surface area contributed by atoms with Gasteiger partial charge in [-0.15, -0.1) is 11.3 Å². The molecule has 0 radical (unpaired) electrons. The number of nitrogens with zero attached hydrogens (tertiary/aromatic N) is 4. The summed E-state index contributed by atoms with van der Waals surface area (Å²) in [6.07, 6.45) is -3.45. The molecule has 0 aliphatic heterocycles. The molecule has 3 aromatic rings. The van der Waals surface area contributed by atoms with Crippen LogP contribution in [0, 0.1) is 18.3 Å².